The number of benzene rings is 2. The van der Waals surface area contributed by atoms with E-state index in [1.54, 1.807) is 36.3 Å². The summed E-state index contributed by atoms with van der Waals surface area (Å²) in [6, 6.07) is 19.6. The van der Waals surface area contributed by atoms with Crippen LogP contribution >= 0.6 is 11.6 Å². The van der Waals surface area contributed by atoms with Crippen molar-refractivity contribution in [3.05, 3.63) is 99.4 Å². The van der Waals surface area contributed by atoms with Crippen molar-refractivity contribution >= 4 is 23.2 Å². The molecule has 1 heterocycles. The normalized spacial score (nSPS) is 10.5. The molecule has 2 aromatic carbocycles. The molecule has 0 atom stereocenters. The molecule has 4 nitrogen and oxygen atoms in total. The summed E-state index contributed by atoms with van der Waals surface area (Å²) in [5, 5.41) is 0.613. The highest BCUT2D eigenvalue weighted by atomic mass is 35.5. The van der Waals surface area contributed by atoms with E-state index in [9.17, 15) is 9.59 Å². The van der Waals surface area contributed by atoms with Crippen LogP contribution < -0.4 is 10.5 Å². The van der Waals surface area contributed by atoms with Crippen molar-refractivity contribution in [2.75, 3.05) is 11.9 Å². The van der Waals surface area contributed by atoms with Crippen molar-refractivity contribution in [3.8, 4) is 0 Å². The first-order valence-electron chi connectivity index (χ1n) is 7.82. The van der Waals surface area contributed by atoms with Crippen LogP contribution in [0.2, 0.25) is 5.02 Å². The minimum absolute atomic E-state index is 0.168. The average molecular weight is 353 g/mol. The molecule has 126 valence electrons. The van der Waals surface area contributed by atoms with Crippen LogP contribution in [0.4, 0.5) is 5.69 Å². The Labute approximate surface area is 150 Å². The second-order valence-electron chi connectivity index (χ2n) is 5.71. The average Bonchev–Trinajstić information content (AvgIpc) is 2.63. The number of amides is 1. The molecule has 0 fully saturated rings. The van der Waals surface area contributed by atoms with Crippen molar-refractivity contribution in [3.63, 3.8) is 0 Å². The van der Waals surface area contributed by atoms with Crippen molar-refractivity contribution in [2.45, 2.75) is 6.54 Å². The predicted octanol–water partition coefficient (Wildman–Crippen LogP) is 3.83. The van der Waals surface area contributed by atoms with Crippen molar-refractivity contribution in [1.29, 1.82) is 0 Å². The zero-order chi connectivity index (χ0) is 17.8. The van der Waals surface area contributed by atoms with E-state index in [0.29, 0.717) is 17.1 Å². The maximum atomic E-state index is 12.7. The smallest absolute Gasteiger partial charge is 0.259 e. The molecule has 0 spiro atoms. The van der Waals surface area contributed by atoms with Gasteiger partial charge < -0.3 is 9.47 Å². The van der Waals surface area contributed by atoms with Crippen LogP contribution in [-0.4, -0.2) is 17.5 Å². The summed E-state index contributed by atoms with van der Waals surface area (Å²) < 4.78 is 1.51. The Morgan fingerprint density at radius 1 is 1.04 bits per heavy atom. The Morgan fingerprint density at radius 3 is 2.52 bits per heavy atom. The van der Waals surface area contributed by atoms with Crippen LogP contribution in [0.5, 0.6) is 0 Å². The minimum atomic E-state index is -0.175. The summed E-state index contributed by atoms with van der Waals surface area (Å²) in [5.74, 6) is -0.175. The first-order chi connectivity index (χ1) is 12.0. The highest BCUT2D eigenvalue weighted by molar-refractivity contribution is 6.30. The minimum Gasteiger partial charge on any atom is -0.311 e. The molecule has 1 amide bonds. The summed E-state index contributed by atoms with van der Waals surface area (Å²) >= 11 is 5.99. The molecule has 3 aromatic rings. The number of carbonyl (C=O) groups is 1. The van der Waals surface area contributed by atoms with Crippen molar-refractivity contribution in [2.24, 2.45) is 0 Å². The lowest BCUT2D eigenvalue weighted by atomic mass is 10.2. The van der Waals surface area contributed by atoms with Gasteiger partial charge in [-0.15, -0.1) is 0 Å². The van der Waals surface area contributed by atoms with Crippen LogP contribution in [0.25, 0.3) is 0 Å². The number of para-hydroxylation sites is 1. The summed E-state index contributed by atoms with van der Waals surface area (Å²) in [6.45, 7) is 0.357. The van der Waals surface area contributed by atoms with Gasteiger partial charge in [-0.25, -0.2) is 0 Å². The third-order valence-electron chi connectivity index (χ3n) is 3.92. The van der Waals surface area contributed by atoms with Gasteiger partial charge in [0.05, 0.1) is 12.1 Å². The lowest BCUT2D eigenvalue weighted by Gasteiger charge is -2.18. The highest BCUT2D eigenvalue weighted by Crippen LogP contribution is 2.15. The van der Waals surface area contributed by atoms with E-state index in [0.717, 1.165) is 11.3 Å². The molecule has 0 N–H and O–H groups in total. The number of pyridine rings is 1. The fourth-order valence-corrected chi connectivity index (χ4v) is 2.79. The van der Waals surface area contributed by atoms with E-state index in [4.69, 9.17) is 11.6 Å². The van der Waals surface area contributed by atoms with Crippen LogP contribution in [-0.2, 0) is 6.54 Å². The van der Waals surface area contributed by atoms with Crippen LogP contribution in [0, 0.1) is 0 Å². The number of hydrogen-bond acceptors (Lipinski definition) is 2. The molecule has 0 radical (unpaired) electrons. The summed E-state index contributed by atoms with van der Waals surface area (Å²) in [7, 11) is 1.71. The Hall–Kier alpha value is -2.85. The molecule has 5 heteroatoms. The monoisotopic (exact) mass is 352 g/mol. The van der Waals surface area contributed by atoms with Gasteiger partial charge in [-0.3, -0.25) is 9.59 Å². The maximum Gasteiger partial charge on any atom is 0.259 e. The standard InChI is InChI=1S/C20H17ClN2O2/c1-22(18-8-3-2-4-9-18)20(25)16-10-11-19(24)23(14-16)13-15-6-5-7-17(21)12-15/h2-12,14H,13H2,1H3. The summed E-state index contributed by atoms with van der Waals surface area (Å²) in [5.41, 5.74) is 1.97. The largest absolute Gasteiger partial charge is 0.311 e. The Balaban J connectivity index is 1.88. The van der Waals surface area contributed by atoms with Gasteiger partial charge in [0, 0.05) is 30.0 Å². The second-order valence-corrected chi connectivity index (χ2v) is 6.15. The number of nitrogens with zero attached hydrogens (tertiary/aromatic N) is 2. The number of aromatic nitrogens is 1. The molecule has 25 heavy (non-hydrogen) atoms. The molecule has 0 saturated carbocycles. The Bertz CT molecular complexity index is 951. The number of rotatable bonds is 4. The lowest BCUT2D eigenvalue weighted by molar-refractivity contribution is 0.0992. The van der Waals surface area contributed by atoms with Gasteiger partial charge in [0.1, 0.15) is 0 Å². The summed E-state index contributed by atoms with van der Waals surface area (Å²) in [4.78, 5) is 26.4. The molecule has 0 aliphatic carbocycles. The number of hydrogen-bond donors (Lipinski definition) is 0. The van der Waals surface area contributed by atoms with E-state index in [1.807, 2.05) is 42.5 Å². The topological polar surface area (TPSA) is 42.3 Å². The third-order valence-corrected chi connectivity index (χ3v) is 4.16. The van der Waals surface area contributed by atoms with Crippen molar-refractivity contribution < 1.29 is 4.79 Å². The third kappa shape index (κ3) is 3.98. The number of anilines is 1. The molecule has 0 bridgehead atoms. The SMILES string of the molecule is CN(C(=O)c1ccc(=O)n(Cc2cccc(Cl)c2)c1)c1ccccc1. The van der Waals surface area contributed by atoms with Gasteiger partial charge in [-0.2, -0.15) is 0 Å². The second kappa shape index (κ2) is 7.36. The molecule has 0 saturated heterocycles. The quantitative estimate of drug-likeness (QED) is 0.716. The molecular weight excluding hydrogens is 336 g/mol. The fourth-order valence-electron chi connectivity index (χ4n) is 2.58. The van der Waals surface area contributed by atoms with Crippen LogP contribution in [0.15, 0.2) is 77.7 Å². The molecular formula is C20H17ClN2O2. The molecule has 3 rings (SSSR count). The fraction of sp³-hybridized carbons (Fsp3) is 0.100. The van der Waals surface area contributed by atoms with Crippen molar-refractivity contribution in [1.82, 2.24) is 4.57 Å². The zero-order valence-electron chi connectivity index (χ0n) is 13.7. The molecule has 1 aromatic heterocycles. The lowest BCUT2D eigenvalue weighted by Crippen LogP contribution is -2.28. The van der Waals surface area contributed by atoms with E-state index in [-0.39, 0.29) is 11.5 Å². The summed E-state index contributed by atoms with van der Waals surface area (Å²) in [6.07, 6.45) is 1.59. The van der Waals surface area contributed by atoms with Gasteiger partial charge in [0.15, 0.2) is 0 Å². The van der Waals surface area contributed by atoms with Crippen LogP contribution in [0.1, 0.15) is 15.9 Å². The van der Waals surface area contributed by atoms with Crippen LogP contribution in [0.3, 0.4) is 0 Å². The molecule has 0 aliphatic heterocycles. The van der Waals surface area contributed by atoms with Gasteiger partial charge in [-0.05, 0) is 35.9 Å². The van der Waals surface area contributed by atoms with E-state index >= 15 is 0 Å². The molecule has 0 unspecified atom stereocenters. The Morgan fingerprint density at radius 2 is 1.80 bits per heavy atom. The number of carbonyl (C=O) groups excluding carboxylic acids is 1. The van der Waals surface area contributed by atoms with E-state index < -0.39 is 0 Å². The predicted molar refractivity (Wildman–Crippen MR) is 100 cm³/mol. The first-order valence-corrected chi connectivity index (χ1v) is 8.20. The first kappa shape index (κ1) is 17.0. The van der Waals surface area contributed by atoms with Gasteiger partial charge in [-0.1, -0.05) is 41.9 Å². The van der Waals surface area contributed by atoms with E-state index in [1.165, 1.54) is 10.6 Å². The zero-order valence-corrected chi connectivity index (χ0v) is 14.5. The molecule has 0 aliphatic rings. The Kier molecular flexibility index (Phi) is 5.00. The van der Waals surface area contributed by atoms with Gasteiger partial charge in [0.2, 0.25) is 0 Å². The number of halogens is 1. The van der Waals surface area contributed by atoms with Gasteiger partial charge in [0.25, 0.3) is 11.5 Å². The maximum absolute atomic E-state index is 12.7. The van der Waals surface area contributed by atoms with E-state index in [2.05, 4.69) is 0 Å². The van der Waals surface area contributed by atoms with Gasteiger partial charge >= 0.3 is 0 Å². The highest BCUT2D eigenvalue weighted by Gasteiger charge is 2.14.